The van der Waals surface area contributed by atoms with E-state index in [1.807, 2.05) is 0 Å². The third-order valence-corrected chi connectivity index (χ3v) is 5.42. The number of sulfonamides is 1. The highest BCUT2D eigenvalue weighted by Crippen LogP contribution is 2.31. The number of nitrogens with zero attached hydrogens (tertiary/aromatic N) is 1. The number of carbonyl (C=O) groups is 1. The predicted octanol–water partition coefficient (Wildman–Crippen LogP) is 1.59. The summed E-state index contributed by atoms with van der Waals surface area (Å²) in [5, 5.41) is 9.24. The van der Waals surface area contributed by atoms with Gasteiger partial charge in [-0.2, -0.15) is 4.31 Å². The van der Waals surface area contributed by atoms with Crippen LogP contribution in [0.2, 0.25) is 5.02 Å². The highest BCUT2D eigenvalue weighted by molar-refractivity contribution is 7.89. The molecular weight excluding hydrogens is 306 g/mol. The molecule has 1 aliphatic rings. The lowest BCUT2D eigenvalue weighted by molar-refractivity contribution is -0.140. The molecule has 0 spiro atoms. The molecule has 1 unspecified atom stereocenters. The van der Waals surface area contributed by atoms with Crippen LogP contribution in [0.1, 0.15) is 12.8 Å². The lowest BCUT2D eigenvalue weighted by Gasteiger charge is -2.21. The number of hydrogen-bond donors (Lipinski definition) is 1. The van der Waals surface area contributed by atoms with Crippen molar-refractivity contribution in [1.29, 1.82) is 0 Å². The van der Waals surface area contributed by atoms with E-state index in [1.54, 1.807) is 0 Å². The van der Waals surface area contributed by atoms with Crippen molar-refractivity contribution in [1.82, 2.24) is 4.31 Å². The molecule has 1 N–H and O–H groups in total. The number of methoxy groups -OCH3 is 1. The van der Waals surface area contributed by atoms with Gasteiger partial charge in [0.2, 0.25) is 10.0 Å². The Morgan fingerprint density at radius 3 is 2.75 bits per heavy atom. The minimum atomic E-state index is -3.87. The van der Waals surface area contributed by atoms with Crippen LogP contribution in [0, 0.1) is 0 Å². The maximum Gasteiger partial charge on any atom is 0.322 e. The molecule has 1 atom stereocenters. The van der Waals surface area contributed by atoms with Crippen molar-refractivity contribution in [2.45, 2.75) is 23.8 Å². The second-order valence-electron chi connectivity index (χ2n) is 4.41. The van der Waals surface area contributed by atoms with Gasteiger partial charge in [-0.3, -0.25) is 4.79 Å². The first-order valence-corrected chi connectivity index (χ1v) is 7.78. The largest absolute Gasteiger partial charge is 0.495 e. The standard InChI is InChI=1S/C12H14ClNO5S/c1-19-11-5-4-8(7-9(11)13)20(17,18)14-6-2-3-10(14)12(15)16/h4-5,7,10H,2-3,6H2,1H3,(H,15,16). The van der Waals surface area contributed by atoms with E-state index >= 15 is 0 Å². The Morgan fingerprint density at radius 1 is 1.50 bits per heavy atom. The fraction of sp³-hybridized carbons (Fsp3) is 0.417. The summed E-state index contributed by atoms with van der Waals surface area (Å²) in [5.41, 5.74) is 0. The van der Waals surface area contributed by atoms with E-state index in [0.717, 1.165) is 4.31 Å². The Balaban J connectivity index is 2.40. The highest BCUT2D eigenvalue weighted by Gasteiger charge is 2.39. The maximum atomic E-state index is 12.5. The number of ether oxygens (including phenoxy) is 1. The van der Waals surface area contributed by atoms with Gasteiger partial charge in [-0.05, 0) is 31.0 Å². The van der Waals surface area contributed by atoms with Gasteiger partial charge in [-0.15, -0.1) is 0 Å². The van der Waals surface area contributed by atoms with Crippen LogP contribution in [-0.4, -0.2) is 43.5 Å². The Morgan fingerprint density at radius 2 is 2.20 bits per heavy atom. The molecule has 110 valence electrons. The van der Waals surface area contributed by atoms with E-state index in [4.69, 9.17) is 21.4 Å². The monoisotopic (exact) mass is 319 g/mol. The number of halogens is 1. The summed E-state index contributed by atoms with van der Waals surface area (Å²) in [6.07, 6.45) is 0.846. The van der Waals surface area contributed by atoms with Crippen LogP contribution in [0.25, 0.3) is 0 Å². The smallest absolute Gasteiger partial charge is 0.322 e. The van der Waals surface area contributed by atoms with Crippen LogP contribution in [-0.2, 0) is 14.8 Å². The van der Waals surface area contributed by atoms with Crippen molar-refractivity contribution in [3.63, 3.8) is 0 Å². The van der Waals surface area contributed by atoms with Crippen LogP contribution >= 0.6 is 11.6 Å². The van der Waals surface area contributed by atoms with Crippen LogP contribution in [0.15, 0.2) is 23.1 Å². The number of rotatable bonds is 4. The molecule has 1 aromatic carbocycles. The van der Waals surface area contributed by atoms with Gasteiger partial charge in [-0.25, -0.2) is 8.42 Å². The molecule has 0 saturated carbocycles. The van der Waals surface area contributed by atoms with Crippen molar-refractivity contribution in [3.8, 4) is 5.75 Å². The van der Waals surface area contributed by atoms with Crippen LogP contribution in [0.4, 0.5) is 0 Å². The zero-order chi connectivity index (χ0) is 14.9. The van der Waals surface area contributed by atoms with E-state index in [-0.39, 0.29) is 16.5 Å². The molecule has 6 nitrogen and oxygen atoms in total. The van der Waals surface area contributed by atoms with Crippen molar-refractivity contribution < 1.29 is 23.1 Å². The number of hydrogen-bond acceptors (Lipinski definition) is 4. The van der Waals surface area contributed by atoms with Crippen LogP contribution in [0.5, 0.6) is 5.75 Å². The first kappa shape index (κ1) is 15.1. The number of carboxylic acids is 1. The zero-order valence-electron chi connectivity index (χ0n) is 10.7. The second kappa shape index (κ2) is 5.59. The molecule has 1 saturated heterocycles. The average molecular weight is 320 g/mol. The van der Waals surface area contributed by atoms with Gasteiger partial charge >= 0.3 is 5.97 Å². The molecule has 0 bridgehead atoms. The SMILES string of the molecule is COc1ccc(S(=O)(=O)N2CCCC2C(=O)O)cc1Cl. The Hall–Kier alpha value is -1.31. The van der Waals surface area contributed by atoms with Crippen molar-refractivity contribution >= 4 is 27.6 Å². The molecule has 20 heavy (non-hydrogen) atoms. The highest BCUT2D eigenvalue weighted by atomic mass is 35.5. The summed E-state index contributed by atoms with van der Waals surface area (Å²) in [6.45, 7) is 0.197. The average Bonchev–Trinajstić information content (AvgIpc) is 2.88. The number of aliphatic carboxylic acids is 1. The van der Waals surface area contributed by atoms with Gasteiger partial charge < -0.3 is 9.84 Å². The predicted molar refractivity (Wildman–Crippen MR) is 72.6 cm³/mol. The summed E-state index contributed by atoms with van der Waals surface area (Å²) in [6, 6.07) is 3.06. The number of benzene rings is 1. The van der Waals surface area contributed by atoms with E-state index in [2.05, 4.69) is 0 Å². The van der Waals surface area contributed by atoms with Gasteiger partial charge in [0.05, 0.1) is 17.0 Å². The Bertz CT molecular complexity index is 631. The summed E-state index contributed by atoms with van der Waals surface area (Å²) in [7, 11) is -2.44. The molecule has 8 heteroatoms. The van der Waals surface area contributed by atoms with E-state index in [1.165, 1.54) is 25.3 Å². The van der Waals surface area contributed by atoms with E-state index in [9.17, 15) is 13.2 Å². The second-order valence-corrected chi connectivity index (χ2v) is 6.71. The topological polar surface area (TPSA) is 83.9 Å². The van der Waals surface area contributed by atoms with Gasteiger partial charge in [0.25, 0.3) is 0 Å². The summed E-state index contributed by atoms with van der Waals surface area (Å²) < 4.78 is 30.9. The molecule has 0 radical (unpaired) electrons. The molecule has 1 fully saturated rings. The van der Waals surface area contributed by atoms with Gasteiger partial charge in [0.15, 0.2) is 0 Å². The summed E-state index contributed by atoms with van der Waals surface area (Å²) in [5.74, 6) is -0.771. The summed E-state index contributed by atoms with van der Waals surface area (Å²) >= 11 is 5.92. The molecule has 1 heterocycles. The first-order valence-electron chi connectivity index (χ1n) is 5.96. The fourth-order valence-electron chi connectivity index (χ4n) is 2.22. The molecule has 0 aromatic heterocycles. The third kappa shape index (κ3) is 2.61. The van der Waals surface area contributed by atoms with E-state index in [0.29, 0.717) is 18.6 Å². The maximum absolute atomic E-state index is 12.5. The first-order chi connectivity index (χ1) is 9.37. The summed E-state index contributed by atoms with van der Waals surface area (Å²) in [4.78, 5) is 11.1. The minimum absolute atomic E-state index is 0.0311. The lowest BCUT2D eigenvalue weighted by Crippen LogP contribution is -2.40. The number of carboxylic acid groups (broad SMARTS) is 1. The zero-order valence-corrected chi connectivity index (χ0v) is 12.3. The van der Waals surface area contributed by atoms with Gasteiger partial charge in [-0.1, -0.05) is 11.6 Å². The molecule has 1 aliphatic heterocycles. The lowest BCUT2D eigenvalue weighted by atomic mass is 10.2. The van der Waals surface area contributed by atoms with Crippen molar-refractivity contribution in [3.05, 3.63) is 23.2 Å². The van der Waals surface area contributed by atoms with Crippen LogP contribution < -0.4 is 4.74 Å². The molecule has 2 rings (SSSR count). The molecule has 1 aromatic rings. The van der Waals surface area contributed by atoms with Crippen molar-refractivity contribution in [2.75, 3.05) is 13.7 Å². The van der Waals surface area contributed by atoms with Gasteiger partial charge in [0.1, 0.15) is 11.8 Å². The third-order valence-electron chi connectivity index (χ3n) is 3.22. The van der Waals surface area contributed by atoms with Crippen molar-refractivity contribution in [2.24, 2.45) is 0 Å². The molecule has 0 aliphatic carbocycles. The minimum Gasteiger partial charge on any atom is -0.495 e. The van der Waals surface area contributed by atoms with Gasteiger partial charge in [0, 0.05) is 6.54 Å². The molecule has 0 amide bonds. The van der Waals surface area contributed by atoms with E-state index < -0.39 is 22.0 Å². The fourth-order valence-corrected chi connectivity index (χ4v) is 4.22. The Labute approximate surface area is 122 Å². The normalized spacial score (nSPS) is 20.0. The Kier molecular flexibility index (Phi) is 4.22. The quantitative estimate of drug-likeness (QED) is 0.911. The van der Waals surface area contributed by atoms with Crippen LogP contribution in [0.3, 0.4) is 0 Å². The molecular formula is C12H14ClNO5S.